The maximum absolute atomic E-state index is 14.2. The maximum atomic E-state index is 14.2. The molecular weight excluding hydrogens is 422 g/mol. The molecule has 3 heterocycles. The molecule has 3 aliphatic heterocycles. The van der Waals surface area contributed by atoms with Crippen molar-refractivity contribution in [2.24, 2.45) is 2.98 Å². The van der Waals surface area contributed by atoms with Crippen molar-refractivity contribution >= 4 is 30.8 Å². The predicted molar refractivity (Wildman–Crippen MR) is 98.5 cm³/mol. The molecule has 0 saturated heterocycles. The van der Waals surface area contributed by atoms with E-state index in [1.807, 2.05) is 18.3 Å². The second kappa shape index (κ2) is 6.78. The molecule has 1 aromatic rings. The van der Waals surface area contributed by atoms with Crippen LogP contribution in [0, 0.1) is 5.82 Å². The van der Waals surface area contributed by atoms with Gasteiger partial charge in [-0.2, -0.15) is 0 Å². The van der Waals surface area contributed by atoms with Crippen molar-refractivity contribution in [3.8, 4) is 5.75 Å². The van der Waals surface area contributed by atoms with Gasteiger partial charge in [0.1, 0.15) is 0 Å². The number of dihydropyridines is 1. The molecule has 4 rings (SSSR count). The molecule has 1 unspecified atom stereocenters. The number of hydrogen-bond acceptors (Lipinski definition) is 5. The van der Waals surface area contributed by atoms with Gasteiger partial charge in [-0.05, 0) is 0 Å². The van der Waals surface area contributed by atoms with Crippen LogP contribution in [0.15, 0.2) is 48.7 Å². The number of allylic oxidation sites excluding steroid dienone is 1. The Labute approximate surface area is 154 Å². The molecule has 5 nitrogen and oxygen atoms in total. The van der Waals surface area contributed by atoms with E-state index in [1.165, 1.54) is 7.11 Å². The molecule has 0 aliphatic carbocycles. The monoisotopic (exact) mass is 442 g/mol. The van der Waals surface area contributed by atoms with Crippen LogP contribution in [-0.4, -0.2) is 47.3 Å². The van der Waals surface area contributed by atoms with Crippen molar-refractivity contribution in [1.82, 2.24) is 16.0 Å². The number of nitrogens with zero attached hydrogens (tertiary/aromatic N) is 1. The molecule has 0 spiro atoms. The van der Waals surface area contributed by atoms with Crippen LogP contribution >= 0.6 is 0 Å². The molecular formula is C18H20FInN4O. The van der Waals surface area contributed by atoms with Crippen molar-refractivity contribution in [2.75, 3.05) is 13.7 Å². The van der Waals surface area contributed by atoms with Gasteiger partial charge in [0.15, 0.2) is 0 Å². The van der Waals surface area contributed by atoms with Gasteiger partial charge in [0.05, 0.1) is 0 Å². The van der Waals surface area contributed by atoms with Crippen molar-refractivity contribution in [3.63, 3.8) is 0 Å². The normalized spacial score (nSPS) is 20.8. The second-order valence-corrected chi connectivity index (χ2v) is 12.4. The minimum absolute atomic E-state index is 0.000622. The zero-order valence-corrected chi connectivity index (χ0v) is 17.6. The Morgan fingerprint density at radius 1 is 1.32 bits per heavy atom. The fraction of sp³-hybridized carbons (Fsp3) is 0.278. The fourth-order valence-corrected chi connectivity index (χ4v) is 10.1. The summed E-state index contributed by atoms with van der Waals surface area (Å²) in [6, 6.07) is 3.46. The van der Waals surface area contributed by atoms with Gasteiger partial charge in [0, 0.05) is 0 Å². The molecule has 0 amide bonds. The van der Waals surface area contributed by atoms with Crippen molar-refractivity contribution in [1.29, 1.82) is 0 Å². The van der Waals surface area contributed by atoms with Crippen LogP contribution in [0.1, 0.15) is 12.5 Å². The van der Waals surface area contributed by atoms with E-state index in [2.05, 4.69) is 32.8 Å². The van der Waals surface area contributed by atoms with E-state index in [4.69, 9.17) is 7.72 Å². The third-order valence-electron chi connectivity index (χ3n) is 4.74. The number of hydrogen-bond donors (Lipinski definition) is 3. The summed E-state index contributed by atoms with van der Waals surface area (Å²) in [5.74, 6) is 0.0160. The summed E-state index contributed by atoms with van der Waals surface area (Å²) in [6.07, 6.45) is 6.92. The van der Waals surface area contributed by atoms with Crippen LogP contribution in [0.3, 0.4) is 0 Å². The van der Waals surface area contributed by atoms with Gasteiger partial charge in [-0.1, -0.05) is 0 Å². The molecule has 3 aliphatic rings. The molecule has 128 valence electrons. The zero-order chi connectivity index (χ0) is 17.4. The van der Waals surface area contributed by atoms with Crippen molar-refractivity contribution in [2.45, 2.75) is 19.5 Å². The molecule has 0 radical (unpaired) electrons. The van der Waals surface area contributed by atoms with Gasteiger partial charge in [-0.3, -0.25) is 0 Å². The minimum atomic E-state index is -2.54. The first-order valence-corrected chi connectivity index (χ1v) is 13.5. The van der Waals surface area contributed by atoms with Crippen LogP contribution in [0.4, 0.5) is 4.39 Å². The Hall–Kier alpha value is -1.89. The number of nitrogens with one attached hydrogen (secondary N) is 3. The van der Waals surface area contributed by atoms with E-state index >= 15 is 0 Å². The van der Waals surface area contributed by atoms with Crippen LogP contribution in [0.25, 0.3) is 0 Å². The summed E-state index contributed by atoms with van der Waals surface area (Å²) in [4.78, 5) is 0. The average molecular weight is 442 g/mol. The molecule has 1 atom stereocenters. The summed E-state index contributed by atoms with van der Waals surface area (Å²) < 4.78 is 27.7. The second-order valence-electron chi connectivity index (χ2n) is 6.23. The van der Waals surface area contributed by atoms with E-state index in [-0.39, 0.29) is 12.0 Å². The molecule has 25 heavy (non-hydrogen) atoms. The number of ether oxygens (including phenoxy) is 1. The number of aryl methyl sites for hydroxylation is 1. The number of methoxy groups -OCH3 is 1. The molecule has 1 aromatic carbocycles. The first-order chi connectivity index (χ1) is 12.2. The van der Waals surface area contributed by atoms with E-state index in [9.17, 15) is 4.39 Å². The van der Waals surface area contributed by atoms with Crippen molar-refractivity contribution < 1.29 is 9.13 Å². The Bertz CT molecular complexity index is 831. The van der Waals surface area contributed by atoms with Gasteiger partial charge >= 0.3 is 155 Å². The zero-order valence-electron chi connectivity index (χ0n) is 14.3. The van der Waals surface area contributed by atoms with Crippen molar-refractivity contribution in [3.05, 3.63) is 57.1 Å². The Morgan fingerprint density at radius 2 is 2.20 bits per heavy atom. The Balaban J connectivity index is 1.57. The Kier molecular flexibility index (Phi) is 4.50. The molecule has 0 aromatic heterocycles. The van der Waals surface area contributed by atoms with Gasteiger partial charge in [-0.25, -0.2) is 0 Å². The molecule has 3 N–H and O–H groups in total. The standard InChI is InChI=1S/C9H10FO.C9H10N4.In/c1-3-7-4-5-8(10)9(6-7)11-2;1-2-6(10)9-12-7-3-4-11-5-8(7)13-9;/h5-6H,3H2,1-2H3;1-4,9,11-13H,5H2;/q;-1;+1. The van der Waals surface area contributed by atoms with Crippen LogP contribution in [0.5, 0.6) is 5.75 Å². The quantitative estimate of drug-likeness (QED) is 0.652. The summed E-state index contributed by atoms with van der Waals surface area (Å²) in [7, 11) is 1.50. The first kappa shape index (κ1) is 16.6. The van der Waals surface area contributed by atoms with Crippen LogP contribution in [-0.2, 0) is 6.42 Å². The van der Waals surface area contributed by atoms with Crippen LogP contribution < -0.4 is 24.0 Å². The average Bonchev–Trinajstić information content (AvgIpc) is 3.28. The van der Waals surface area contributed by atoms with E-state index in [1.54, 1.807) is 6.07 Å². The van der Waals surface area contributed by atoms with Crippen LogP contribution in [0.2, 0.25) is 0 Å². The molecule has 0 saturated carbocycles. The summed E-state index contributed by atoms with van der Waals surface area (Å²) >= 11 is -2.54. The van der Waals surface area contributed by atoms with E-state index in [0.717, 1.165) is 39.0 Å². The van der Waals surface area contributed by atoms with Gasteiger partial charge in [0.2, 0.25) is 0 Å². The summed E-state index contributed by atoms with van der Waals surface area (Å²) in [5, 5.41) is 10.1. The van der Waals surface area contributed by atoms with E-state index < -0.39 is 21.7 Å². The first-order valence-electron chi connectivity index (χ1n) is 8.48. The topological polar surface area (TPSA) is 57.7 Å². The predicted octanol–water partition coefficient (Wildman–Crippen LogP) is 0.993. The van der Waals surface area contributed by atoms with Gasteiger partial charge < -0.3 is 0 Å². The van der Waals surface area contributed by atoms with E-state index in [0.29, 0.717) is 5.75 Å². The molecule has 0 fully saturated rings. The van der Waals surface area contributed by atoms with Gasteiger partial charge in [-0.15, -0.1) is 0 Å². The third-order valence-corrected chi connectivity index (χ3v) is 11.3. The number of rotatable bonds is 4. The Morgan fingerprint density at radius 3 is 2.96 bits per heavy atom. The number of benzene rings is 1. The third kappa shape index (κ3) is 3.05. The molecule has 7 heteroatoms. The number of halogens is 1. The summed E-state index contributed by atoms with van der Waals surface area (Å²) in [5.41, 5.74) is 4.43. The summed E-state index contributed by atoms with van der Waals surface area (Å²) in [6.45, 7) is 2.88. The molecule has 0 bridgehead atoms. The SMILES string of the molecule is CCc1cc(OC)c(F)c[c]1[In]1[CH]=CC(C2NC3=C(CNC=C3)N2)=[N]1. The van der Waals surface area contributed by atoms with Gasteiger partial charge in [0.25, 0.3) is 0 Å². The fourth-order valence-electron chi connectivity index (χ4n) is 3.41.